The number of nitrogens with zero attached hydrogens (tertiary/aromatic N) is 1. The Morgan fingerprint density at radius 3 is 2.55 bits per heavy atom. The predicted octanol–water partition coefficient (Wildman–Crippen LogP) is 3.62. The normalized spacial score (nSPS) is 28.5. The minimum absolute atomic E-state index is 0. The molecule has 2 heterocycles. The highest BCUT2D eigenvalue weighted by Crippen LogP contribution is 2.30. The fraction of sp³-hybridized carbons (Fsp3) is 0.600. The fourth-order valence-electron chi connectivity index (χ4n) is 3.44. The molecule has 2 aliphatic rings. The van der Waals surface area contributed by atoms with Gasteiger partial charge >= 0.3 is 0 Å². The van der Waals surface area contributed by atoms with E-state index in [2.05, 4.69) is 17.3 Å². The van der Waals surface area contributed by atoms with Gasteiger partial charge in [-0.25, -0.2) is 4.39 Å². The molecule has 2 saturated heterocycles. The van der Waals surface area contributed by atoms with Crippen LogP contribution in [0.25, 0.3) is 0 Å². The summed E-state index contributed by atoms with van der Waals surface area (Å²) in [7, 11) is 2.16. The maximum atomic E-state index is 13.1. The standard InChI is InChI=1S/C15H20ClFN2.ClH/c1-19(9-10-2-5-15(17)14(16)6-10)13-7-11-3-4-12(8-13)18-11;/h2,5-6,11-13,18H,3-4,7-9H2,1H3;1H. The Morgan fingerprint density at radius 2 is 1.95 bits per heavy atom. The van der Waals surface area contributed by atoms with Crippen molar-refractivity contribution < 1.29 is 4.39 Å². The lowest BCUT2D eigenvalue weighted by atomic mass is 9.98. The molecule has 2 bridgehead atoms. The molecule has 3 rings (SSSR count). The Kier molecular flexibility index (Phi) is 5.30. The van der Waals surface area contributed by atoms with Crippen LogP contribution in [-0.2, 0) is 6.54 Å². The summed E-state index contributed by atoms with van der Waals surface area (Å²) in [5, 5.41) is 3.88. The summed E-state index contributed by atoms with van der Waals surface area (Å²) in [6.45, 7) is 0.837. The third kappa shape index (κ3) is 3.45. The Hall–Kier alpha value is -0.350. The third-order valence-corrected chi connectivity index (χ3v) is 4.78. The molecule has 1 aromatic carbocycles. The molecule has 0 radical (unpaired) electrons. The summed E-state index contributed by atoms with van der Waals surface area (Å²) in [6, 6.07) is 7.04. The van der Waals surface area contributed by atoms with Gasteiger partial charge in [0, 0.05) is 24.7 Å². The maximum Gasteiger partial charge on any atom is 0.141 e. The highest BCUT2D eigenvalue weighted by atomic mass is 35.5. The van der Waals surface area contributed by atoms with Gasteiger partial charge in [0.15, 0.2) is 0 Å². The van der Waals surface area contributed by atoms with Crippen LogP contribution in [0.5, 0.6) is 0 Å². The molecule has 20 heavy (non-hydrogen) atoms. The van der Waals surface area contributed by atoms with Crippen molar-refractivity contribution in [2.24, 2.45) is 0 Å². The van der Waals surface area contributed by atoms with E-state index in [1.165, 1.54) is 31.7 Å². The number of hydrogen-bond acceptors (Lipinski definition) is 2. The highest BCUT2D eigenvalue weighted by Gasteiger charge is 2.34. The van der Waals surface area contributed by atoms with E-state index in [-0.39, 0.29) is 23.2 Å². The zero-order valence-corrected chi connectivity index (χ0v) is 13.2. The summed E-state index contributed by atoms with van der Waals surface area (Å²) in [5.41, 5.74) is 1.08. The molecule has 5 heteroatoms. The molecule has 2 atom stereocenters. The van der Waals surface area contributed by atoms with Gasteiger partial charge in [-0.1, -0.05) is 17.7 Å². The monoisotopic (exact) mass is 318 g/mol. The van der Waals surface area contributed by atoms with Gasteiger partial charge in [0.25, 0.3) is 0 Å². The second-order valence-corrected chi connectivity index (χ2v) is 6.33. The summed E-state index contributed by atoms with van der Waals surface area (Å²) in [6.07, 6.45) is 5.08. The van der Waals surface area contributed by atoms with Crippen molar-refractivity contribution in [2.45, 2.75) is 50.4 Å². The van der Waals surface area contributed by atoms with Gasteiger partial charge in [-0.3, -0.25) is 4.90 Å². The SMILES string of the molecule is CN(Cc1ccc(F)c(Cl)c1)C1CC2CCC(C1)N2.Cl. The molecular formula is C15H21Cl2FN2. The largest absolute Gasteiger partial charge is 0.311 e. The number of benzene rings is 1. The Balaban J connectivity index is 0.00000147. The van der Waals surface area contributed by atoms with Crippen LogP contribution in [0.4, 0.5) is 4.39 Å². The first-order valence-electron chi connectivity index (χ1n) is 7.02. The smallest absolute Gasteiger partial charge is 0.141 e. The summed E-state index contributed by atoms with van der Waals surface area (Å²) < 4.78 is 13.1. The molecule has 0 amide bonds. The van der Waals surface area contributed by atoms with E-state index in [1.807, 2.05) is 6.07 Å². The summed E-state index contributed by atoms with van der Waals surface area (Å²) in [4.78, 5) is 2.38. The summed E-state index contributed by atoms with van der Waals surface area (Å²) in [5.74, 6) is -0.340. The number of fused-ring (bicyclic) bond motifs is 2. The Labute approximate surface area is 131 Å². The van der Waals surface area contributed by atoms with Crippen LogP contribution >= 0.6 is 24.0 Å². The Morgan fingerprint density at radius 1 is 1.30 bits per heavy atom. The molecular weight excluding hydrogens is 298 g/mol. The van der Waals surface area contributed by atoms with E-state index in [0.29, 0.717) is 18.1 Å². The van der Waals surface area contributed by atoms with E-state index in [1.54, 1.807) is 6.07 Å². The van der Waals surface area contributed by atoms with Crippen molar-refractivity contribution in [1.29, 1.82) is 0 Å². The molecule has 0 saturated carbocycles. The van der Waals surface area contributed by atoms with E-state index >= 15 is 0 Å². The lowest BCUT2D eigenvalue weighted by molar-refractivity contribution is 0.166. The van der Waals surface area contributed by atoms with Crippen molar-refractivity contribution in [3.63, 3.8) is 0 Å². The molecule has 2 fully saturated rings. The van der Waals surface area contributed by atoms with Crippen LogP contribution in [-0.4, -0.2) is 30.1 Å². The van der Waals surface area contributed by atoms with Crippen molar-refractivity contribution >= 4 is 24.0 Å². The molecule has 1 N–H and O–H groups in total. The van der Waals surface area contributed by atoms with Gasteiger partial charge in [0.1, 0.15) is 5.82 Å². The molecule has 0 aromatic heterocycles. The average Bonchev–Trinajstić information content (AvgIpc) is 2.72. The number of halogens is 3. The van der Waals surface area contributed by atoms with Gasteiger partial charge in [-0.05, 0) is 50.4 Å². The predicted molar refractivity (Wildman–Crippen MR) is 83.1 cm³/mol. The maximum absolute atomic E-state index is 13.1. The first kappa shape index (κ1) is 16.0. The van der Waals surface area contributed by atoms with Crippen LogP contribution < -0.4 is 5.32 Å². The van der Waals surface area contributed by atoms with Gasteiger partial charge in [-0.15, -0.1) is 12.4 Å². The van der Waals surface area contributed by atoms with Gasteiger partial charge in [0.2, 0.25) is 0 Å². The zero-order valence-electron chi connectivity index (χ0n) is 11.6. The number of nitrogens with one attached hydrogen (secondary N) is 1. The third-order valence-electron chi connectivity index (χ3n) is 4.49. The molecule has 2 aliphatic heterocycles. The van der Waals surface area contributed by atoms with E-state index in [0.717, 1.165) is 12.1 Å². The van der Waals surface area contributed by atoms with Crippen molar-refractivity contribution in [3.05, 3.63) is 34.6 Å². The zero-order chi connectivity index (χ0) is 13.4. The van der Waals surface area contributed by atoms with Crippen molar-refractivity contribution in [2.75, 3.05) is 7.05 Å². The van der Waals surface area contributed by atoms with Crippen LogP contribution in [0, 0.1) is 5.82 Å². The molecule has 0 aliphatic carbocycles. The number of hydrogen-bond donors (Lipinski definition) is 1. The van der Waals surface area contributed by atoms with Crippen LogP contribution in [0.3, 0.4) is 0 Å². The topological polar surface area (TPSA) is 15.3 Å². The minimum atomic E-state index is -0.340. The first-order valence-corrected chi connectivity index (χ1v) is 7.40. The molecule has 2 unspecified atom stereocenters. The van der Waals surface area contributed by atoms with Gasteiger partial charge in [0.05, 0.1) is 5.02 Å². The fourth-order valence-corrected chi connectivity index (χ4v) is 3.65. The molecule has 112 valence electrons. The van der Waals surface area contributed by atoms with E-state index in [9.17, 15) is 4.39 Å². The summed E-state index contributed by atoms with van der Waals surface area (Å²) >= 11 is 5.84. The van der Waals surface area contributed by atoms with Crippen LogP contribution in [0.2, 0.25) is 5.02 Å². The Bertz CT molecular complexity index is 457. The van der Waals surface area contributed by atoms with Crippen molar-refractivity contribution in [3.8, 4) is 0 Å². The van der Waals surface area contributed by atoms with Gasteiger partial charge < -0.3 is 5.32 Å². The number of rotatable bonds is 3. The lowest BCUT2D eigenvalue weighted by Crippen LogP contribution is -2.46. The average molecular weight is 319 g/mol. The highest BCUT2D eigenvalue weighted by molar-refractivity contribution is 6.30. The second-order valence-electron chi connectivity index (χ2n) is 5.93. The van der Waals surface area contributed by atoms with Gasteiger partial charge in [-0.2, -0.15) is 0 Å². The second kappa shape index (κ2) is 6.61. The lowest BCUT2D eigenvalue weighted by Gasteiger charge is -2.35. The first-order chi connectivity index (χ1) is 9.11. The van der Waals surface area contributed by atoms with E-state index in [4.69, 9.17) is 11.6 Å². The molecule has 1 aromatic rings. The number of piperidine rings is 1. The van der Waals surface area contributed by atoms with Crippen molar-refractivity contribution in [1.82, 2.24) is 10.2 Å². The van der Waals surface area contributed by atoms with Crippen LogP contribution in [0.15, 0.2) is 18.2 Å². The van der Waals surface area contributed by atoms with E-state index < -0.39 is 0 Å². The molecule has 0 spiro atoms. The molecule has 2 nitrogen and oxygen atoms in total. The quantitative estimate of drug-likeness (QED) is 0.915. The minimum Gasteiger partial charge on any atom is -0.311 e. The van der Waals surface area contributed by atoms with Crippen LogP contribution in [0.1, 0.15) is 31.2 Å².